The van der Waals surface area contributed by atoms with Crippen molar-refractivity contribution in [3.63, 3.8) is 0 Å². The third-order valence-electron chi connectivity index (χ3n) is 5.56. The summed E-state index contributed by atoms with van der Waals surface area (Å²) in [5, 5.41) is 13.2. The molecule has 2 heterocycles. The van der Waals surface area contributed by atoms with Crippen LogP contribution in [-0.4, -0.2) is 10.9 Å². The number of amides is 1. The molecule has 1 aliphatic rings. The lowest BCUT2D eigenvalue weighted by Crippen LogP contribution is -2.28. The average Bonchev–Trinajstić information content (AvgIpc) is 2.98. The van der Waals surface area contributed by atoms with Crippen LogP contribution < -0.4 is 5.32 Å². The first kappa shape index (κ1) is 17.6. The van der Waals surface area contributed by atoms with E-state index in [1.165, 1.54) is 4.88 Å². The molecule has 0 saturated heterocycles. The van der Waals surface area contributed by atoms with E-state index in [0.29, 0.717) is 27.5 Å². The number of rotatable bonds is 4. The van der Waals surface area contributed by atoms with Crippen molar-refractivity contribution >= 4 is 22.2 Å². The summed E-state index contributed by atoms with van der Waals surface area (Å²) in [5.41, 5.74) is 2.64. The molecule has 3 rings (SSSR count). The van der Waals surface area contributed by atoms with Crippen LogP contribution in [0.1, 0.15) is 60.0 Å². The van der Waals surface area contributed by atoms with Gasteiger partial charge in [0, 0.05) is 22.8 Å². The quantitative estimate of drug-likeness (QED) is 0.858. The number of pyridine rings is 1. The highest BCUT2D eigenvalue weighted by molar-refractivity contribution is 7.16. The molecule has 25 heavy (non-hydrogen) atoms. The van der Waals surface area contributed by atoms with Gasteiger partial charge in [-0.1, -0.05) is 27.2 Å². The van der Waals surface area contributed by atoms with Crippen molar-refractivity contribution < 1.29 is 4.79 Å². The van der Waals surface area contributed by atoms with Crippen LogP contribution in [0, 0.1) is 22.7 Å². The van der Waals surface area contributed by atoms with Crippen LogP contribution in [0.2, 0.25) is 0 Å². The van der Waals surface area contributed by atoms with E-state index in [1.54, 1.807) is 35.9 Å². The maximum Gasteiger partial charge on any atom is 0.256 e. The van der Waals surface area contributed by atoms with Gasteiger partial charge in [-0.15, -0.1) is 11.3 Å². The van der Waals surface area contributed by atoms with Gasteiger partial charge in [0.15, 0.2) is 0 Å². The smallest absolute Gasteiger partial charge is 0.256 e. The number of hydrogen-bond acceptors (Lipinski definition) is 4. The van der Waals surface area contributed by atoms with Crippen molar-refractivity contribution in [1.82, 2.24) is 4.98 Å². The van der Waals surface area contributed by atoms with Gasteiger partial charge in [0.2, 0.25) is 0 Å². The zero-order valence-corrected chi connectivity index (χ0v) is 15.7. The summed E-state index contributed by atoms with van der Waals surface area (Å²) < 4.78 is 0. The highest BCUT2D eigenvalue weighted by Crippen LogP contribution is 2.45. The molecule has 2 aromatic rings. The third-order valence-corrected chi connectivity index (χ3v) is 6.73. The van der Waals surface area contributed by atoms with Gasteiger partial charge in [0.05, 0.1) is 5.56 Å². The third kappa shape index (κ3) is 3.45. The van der Waals surface area contributed by atoms with Crippen molar-refractivity contribution in [2.24, 2.45) is 11.3 Å². The minimum atomic E-state index is -0.192. The minimum Gasteiger partial charge on any atom is -0.312 e. The Labute approximate surface area is 152 Å². The Kier molecular flexibility index (Phi) is 4.91. The van der Waals surface area contributed by atoms with E-state index in [9.17, 15) is 10.1 Å². The van der Waals surface area contributed by atoms with Gasteiger partial charge in [-0.3, -0.25) is 9.78 Å². The van der Waals surface area contributed by atoms with E-state index in [0.717, 1.165) is 31.2 Å². The molecule has 5 heteroatoms. The Morgan fingerprint density at radius 3 is 2.80 bits per heavy atom. The number of nitrogens with one attached hydrogen (secondary N) is 1. The molecule has 0 bridgehead atoms. The molecule has 0 aliphatic heterocycles. The Balaban J connectivity index is 1.86. The molecule has 1 amide bonds. The Morgan fingerprint density at radius 2 is 2.16 bits per heavy atom. The predicted molar refractivity (Wildman–Crippen MR) is 101 cm³/mol. The molecule has 1 atom stereocenters. The standard InChI is InChI=1S/C20H23N3OS/c1-4-20(2,3)14-5-6-15-16(12-21)19(25-17(15)11-14)23-18(24)13-7-9-22-10-8-13/h7-10,14H,4-6,11H2,1-3H3,(H,23,24)/t14-/m1/s1. The first-order valence-electron chi connectivity index (χ1n) is 8.72. The molecule has 4 nitrogen and oxygen atoms in total. The number of nitriles is 1. The Hall–Kier alpha value is -2.19. The molecule has 0 unspecified atom stereocenters. The van der Waals surface area contributed by atoms with Gasteiger partial charge < -0.3 is 5.32 Å². The van der Waals surface area contributed by atoms with Crippen LogP contribution in [-0.2, 0) is 12.8 Å². The number of nitrogens with zero attached hydrogens (tertiary/aromatic N) is 2. The topological polar surface area (TPSA) is 65.8 Å². The maximum absolute atomic E-state index is 12.4. The number of anilines is 1. The molecular weight excluding hydrogens is 330 g/mol. The SMILES string of the molecule is CCC(C)(C)[C@@H]1CCc2c(sc(NC(=O)c3ccncc3)c2C#N)C1. The molecule has 1 N–H and O–H groups in total. The van der Waals surface area contributed by atoms with Gasteiger partial charge >= 0.3 is 0 Å². The lowest BCUT2D eigenvalue weighted by atomic mass is 9.69. The lowest BCUT2D eigenvalue weighted by molar-refractivity contribution is 0.102. The summed E-state index contributed by atoms with van der Waals surface area (Å²) in [6.45, 7) is 6.90. The van der Waals surface area contributed by atoms with Crippen molar-refractivity contribution in [1.29, 1.82) is 5.26 Å². The van der Waals surface area contributed by atoms with E-state index in [2.05, 4.69) is 37.1 Å². The fourth-order valence-corrected chi connectivity index (χ4v) is 4.70. The Bertz CT molecular complexity index is 817. The predicted octanol–water partition coefficient (Wildman–Crippen LogP) is 4.81. The van der Waals surface area contributed by atoms with Crippen LogP contribution >= 0.6 is 11.3 Å². The fraction of sp³-hybridized carbons (Fsp3) is 0.450. The van der Waals surface area contributed by atoms with Crippen LogP contribution in [0.3, 0.4) is 0 Å². The molecule has 0 fully saturated rings. The van der Waals surface area contributed by atoms with E-state index < -0.39 is 0 Å². The van der Waals surface area contributed by atoms with Crippen LogP contribution in [0.25, 0.3) is 0 Å². The van der Waals surface area contributed by atoms with E-state index in [1.807, 2.05) is 0 Å². The van der Waals surface area contributed by atoms with Crippen LogP contribution in [0.15, 0.2) is 24.5 Å². The number of carbonyl (C=O) groups excluding carboxylic acids is 1. The van der Waals surface area contributed by atoms with Crippen LogP contribution in [0.4, 0.5) is 5.00 Å². The van der Waals surface area contributed by atoms with Crippen LogP contribution in [0.5, 0.6) is 0 Å². The van der Waals surface area contributed by atoms with Crippen molar-refractivity contribution in [2.45, 2.75) is 46.5 Å². The van der Waals surface area contributed by atoms with Gasteiger partial charge in [-0.25, -0.2) is 0 Å². The molecule has 1 aliphatic carbocycles. The van der Waals surface area contributed by atoms with E-state index in [-0.39, 0.29) is 5.91 Å². The van der Waals surface area contributed by atoms with Gasteiger partial charge in [-0.05, 0) is 48.3 Å². The van der Waals surface area contributed by atoms with E-state index >= 15 is 0 Å². The monoisotopic (exact) mass is 353 g/mol. The highest BCUT2D eigenvalue weighted by atomic mass is 32.1. The normalized spacial score (nSPS) is 16.8. The molecule has 0 radical (unpaired) electrons. The molecular formula is C20H23N3OS. The summed E-state index contributed by atoms with van der Waals surface area (Å²) >= 11 is 1.57. The second kappa shape index (κ2) is 6.97. The number of hydrogen-bond donors (Lipinski definition) is 1. The second-order valence-corrected chi connectivity index (χ2v) is 8.40. The molecule has 2 aromatic heterocycles. The Morgan fingerprint density at radius 1 is 1.44 bits per heavy atom. The number of fused-ring (bicyclic) bond motifs is 1. The number of thiophene rings is 1. The summed E-state index contributed by atoms with van der Waals surface area (Å²) in [6.07, 6.45) is 7.37. The van der Waals surface area contributed by atoms with Gasteiger partial charge in [0.25, 0.3) is 5.91 Å². The van der Waals surface area contributed by atoms with Crippen molar-refractivity contribution in [2.75, 3.05) is 5.32 Å². The lowest BCUT2D eigenvalue weighted by Gasteiger charge is -2.36. The zero-order valence-electron chi connectivity index (χ0n) is 14.9. The number of carbonyl (C=O) groups is 1. The molecule has 0 spiro atoms. The first-order chi connectivity index (χ1) is 12.0. The number of aromatic nitrogens is 1. The summed E-state index contributed by atoms with van der Waals surface area (Å²) in [7, 11) is 0. The summed E-state index contributed by atoms with van der Waals surface area (Å²) in [4.78, 5) is 17.6. The zero-order chi connectivity index (χ0) is 18.0. The van der Waals surface area contributed by atoms with E-state index in [4.69, 9.17) is 0 Å². The van der Waals surface area contributed by atoms with Gasteiger partial charge in [0.1, 0.15) is 11.1 Å². The molecule has 0 aromatic carbocycles. The summed E-state index contributed by atoms with van der Waals surface area (Å²) in [6, 6.07) is 5.66. The first-order valence-corrected chi connectivity index (χ1v) is 9.54. The fourth-order valence-electron chi connectivity index (χ4n) is 3.43. The molecule has 130 valence electrons. The maximum atomic E-state index is 12.4. The second-order valence-electron chi connectivity index (χ2n) is 7.29. The molecule has 0 saturated carbocycles. The highest BCUT2D eigenvalue weighted by Gasteiger charge is 2.34. The van der Waals surface area contributed by atoms with Crippen molar-refractivity contribution in [3.05, 3.63) is 46.1 Å². The minimum absolute atomic E-state index is 0.192. The van der Waals surface area contributed by atoms with Crippen molar-refractivity contribution in [3.8, 4) is 6.07 Å². The average molecular weight is 353 g/mol. The van der Waals surface area contributed by atoms with Gasteiger partial charge in [-0.2, -0.15) is 5.26 Å². The largest absolute Gasteiger partial charge is 0.312 e. The summed E-state index contributed by atoms with van der Waals surface area (Å²) in [5.74, 6) is 0.432.